The number of nitrogens with one attached hydrogen (secondary N) is 1. The van der Waals surface area contributed by atoms with Crippen LogP contribution >= 0.6 is 11.8 Å². The van der Waals surface area contributed by atoms with Crippen LogP contribution in [0.1, 0.15) is 39.2 Å². The summed E-state index contributed by atoms with van der Waals surface area (Å²) in [6.07, 6.45) is 2.65. The quantitative estimate of drug-likeness (QED) is 0.860. The zero-order valence-corrected chi connectivity index (χ0v) is 15.7. The highest BCUT2D eigenvalue weighted by Gasteiger charge is 2.28. The van der Waals surface area contributed by atoms with Crippen LogP contribution in [-0.2, 0) is 16.0 Å². The second-order valence-corrected chi connectivity index (χ2v) is 9.05. The first-order valence-electron chi connectivity index (χ1n) is 8.61. The van der Waals surface area contributed by atoms with Crippen molar-refractivity contribution >= 4 is 23.6 Å². The van der Waals surface area contributed by atoms with Gasteiger partial charge in [0.15, 0.2) is 0 Å². The van der Waals surface area contributed by atoms with E-state index in [-0.39, 0.29) is 16.6 Å². The molecular formula is C19H28N2O2S. The van der Waals surface area contributed by atoms with Gasteiger partial charge < -0.3 is 10.2 Å². The van der Waals surface area contributed by atoms with Gasteiger partial charge >= 0.3 is 0 Å². The molecule has 0 unspecified atom stereocenters. The van der Waals surface area contributed by atoms with Crippen molar-refractivity contribution in [3.05, 3.63) is 35.9 Å². The van der Waals surface area contributed by atoms with Crippen LogP contribution in [0.2, 0.25) is 0 Å². The number of nitrogens with zero attached hydrogens (tertiary/aromatic N) is 1. The van der Waals surface area contributed by atoms with Crippen LogP contribution in [0.5, 0.6) is 0 Å². The van der Waals surface area contributed by atoms with Crippen molar-refractivity contribution in [2.24, 2.45) is 0 Å². The summed E-state index contributed by atoms with van der Waals surface area (Å²) in [4.78, 5) is 27.0. The molecule has 1 fully saturated rings. The highest BCUT2D eigenvalue weighted by molar-refractivity contribution is 8.01. The number of thioether (sulfide) groups is 1. The molecule has 2 rings (SSSR count). The first-order valence-corrected chi connectivity index (χ1v) is 9.60. The molecule has 24 heavy (non-hydrogen) atoms. The molecule has 0 radical (unpaired) electrons. The molecule has 0 bridgehead atoms. The molecule has 0 aliphatic carbocycles. The van der Waals surface area contributed by atoms with E-state index in [1.807, 2.05) is 35.2 Å². The van der Waals surface area contributed by atoms with E-state index < -0.39 is 6.04 Å². The largest absolute Gasteiger partial charge is 0.343 e. The van der Waals surface area contributed by atoms with Crippen LogP contribution in [0.15, 0.2) is 30.3 Å². The summed E-state index contributed by atoms with van der Waals surface area (Å²) in [5, 5.41) is 2.96. The van der Waals surface area contributed by atoms with E-state index in [2.05, 4.69) is 26.1 Å². The number of rotatable bonds is 6. The van der Waals surface area contributed by atoms with Gasteiger partial charge in [0.2, 0.25) is 11.8 Å². The standard InChI is InChI=1S/C19H28N2O2S/c1-19(2,3)24-14-17(22)20-16(13-15-9-5-4-6-10-15)18(23)21-11-7-8-12-21/h4-6,9-10,16H,7-8,11-14H2,1-3H3,(H,20,22)/t16-/m1/s1. The van der Waals surface area contributed by atoms with E-state index in [1.165, 1.54) is 0 Å². The lowest BCUT2D eigenvalue weighted by Gasteiger charge is -2.25. The van der Waals surface area contributed by atoms with Crippen LogP contribution in [-0.4, -0.2) is 46.3 Å². The number of carbonyl (C=O) groups excluding carboxylic acids is 2. The molecule has 5 heteroatoms. The third-order valence-corrected chi connectivity index (χ3v) is 5.24. The molecule has 1 aliphatic rings. The molecule has 1 aromatic carbocycles. The Morgan fingerprint density at radius 1 is 1.17 bits per heavy atom. The second-order valence-electron chi connectivity index (χ2n) is 7.24. The summed E-state index contributed by atoms with van der Waals surface area (Å²) in [5.41, 5.74) is 1.07. The van der Waals surface area contributed by atoms with Crippen LogP contribution < -0.4 is 5.32 Å². The topological polar surface area (TPSA) is 49.4 Å². The minimum atomic E-state index is -0.474. The minimum Gasteiger partial charge on any atom is -0.343 e. The Morgan fingerprint density at radius 2 is 1.79 bits per heavy atom. The van der Waals surface area contributed by atoms with Gasteiger partial charge in [-0.25, -0.2) is 0 Å². The summed E-state index contributed by atoms with van der Waals surface area (Å²) < 4.78 is 0.0330. The van der Waals surface area contributed by atoms with Gasteiger partial charge in [-0.15, -0.1) is 11.8 Å². The lowest BCUT2D eigenvalue weighted by molar-refractivity contribution is -0.135. The Balaban J connectivity index is 2.01. The average Bonchev–Trinajstić information content (AvgIpc) is 3.06. The third kappa shape index (κ3) is 6.19. The zero-order valence-electron chi connectivity index (χ0n) is 14.9. The van der Waals surface area contributed by atoms with Crippen molar-refractivity contribution in [3.8, 4) is 0 Å². The molecule has 1 aliphatic heterocycles. The summed E-state index contributed by atoms with van der Waals surface area (Å²) >= 11 is 1.60. The van der Waals surface area contributed by atoms with Gasteiger partial charge in [0.1, 0.15) is 6.04 Å². The first kappa shape index (κ1) is 18.8. The number of likely N-dealkylation sites (tertiary alicyclic amines) is 1. The van der Waals surface area contributed by atoms with E-state index in [0.717, 1.165) is 31.5 Å². The maximum absolute atomic E-state index is 12.8. The van der Waals surface area contributed by atoms with Crippen LogP contribution in [0.3, 0.4) is 0 Å². The highest BCUT2D eigenvalue weighted by Crippen LogP contribution is 2.22. The monoisotopic (exact) mass is 348 g/mol. The molecule has 0 spiro atoms. The molecule has 1 atom stereocenters. The van der Waals surface area contributed by atoms with E-state index in [0.29, 0.717) is 12.2 Å². The van der Waals surface area contributed by atoms with Crippen molar-refractivity contribution in [1.29, 1.82) is 0 Å². The SMILES string of the molecule is CC(C)(C)SCC(=O)N[C@H](Cc1ccccc1)C(=O)N1CCCC1. The molecule has 132 valence electrons. The van der Waals surface area contributed by atoms with E-state index in [4.69, 9.17) is 0 Å². The molecule has 4 nitrogen and oxygen atoms in total. The number of benzene rings is 1. The normalized spacial score (nSPS) is 16.0. The first-order chi connectivity index (χ1) is 11.3. The van der Waals surface area contributed by atoms with Gasteiger partial charge in [0.25, 0.3) is 0 Å². The Labute approximate surface area is 149 Å². The fourth-order valence-electron chi connectivity index (χ4n) is 2.73. The minimum absolute atomic E-state index is 0.0330. The maximum Gasteiger partial charge on any atom is 0.245 e. The Morgan fingerprint density at radius 3 is 2.38 bits per heavy atom. The fourth-order valence-corrected chi connectivity index (χ4v) is 3.37. The van der Waals surface area contributed by atoms with Gasteiger partial charge in [-0.1, -0.05) is 51.1 Å². The fraction of sp³-hybridized carbons (Fsp3) is 0.579. The molecule has 0 aromatic heterocycles. The maximum atomic E-state index is 12.8. The van der Waals surface area contributed by atoms with Crippen LogP contribution in [0.4, 0.5) is 0 Å². The van der Waals surface area contributed by atoms with Gasteiger partial charge in [0.05, 0.1) is 5.75 Å². The van der Waals surface area contributed by atoms with Crippen molar-refractivity contribution in [2.75, 3.05) is 18.8 Å². The Hall–Kier alpha value is -1.49. The zero-order chi connectivity index (χ0) is 17.6. The van der Waals surface area contributed by atoms with Crippen LogP contribution in [0, 0.1) is 0 Å². The molecular weight excluding hydrogens is 320 g/mol. The molecule has 1 aromatic rings. The predicted octanol–water partition coefficient (Wildman–Crippen LogP) is 2.87. The van der Waals surface area contributed by atoms with E-state index in [9.17, 15) is 9.59 Å². The Bertz CT molecular complexity index is 548. The van der Waals surface area contributed by atoms with Gasteiger partial charge in [-0.05, 0) is 18.4 Å². The lowest BCUT2D eigenvalue weighted by atomic mass is 10.0. The predicted molar refractivity (Wildman–Crippen MR) is 100 cm³/mol. The van der Waals surface area contributed by atoms with E-state index in [1.54, 1.807) is 11.8 Å². The van der Waals surface area contributed by atoms with Gasteiger partial charge in [0, 0.05) is 24.3 Å². The number of hydrogen-bond acceptors (Lipinski definition) is 3. The van der Waals surface area contributed by atoms with Crippen molar-refractivity contribution < 1.29 is 9.59 Å². The number of carbonyl (C=O) groups is 2. The summed E-state index contributed by atoms with van der Waals surface area (Å²) in [7, 11) is 0. The summed E-state index contributed by atoms with van der Waals surface area (Å²) in [6, 6.07) is 9.41. The summed E-state index contributed by atoms with van der Waals surface area (Å²) in [6.45, 7) is 7.86. The smallest absolute Gasteiger partial charge is 0.245 e. The molecule has 0 saturated carbocycles. The summed E-state index contributed by atoms with van der Waals surface area (Å²) in [5.74, 6) is 0.357. The molecule has 1 N–H and O–H groups in total. The second kappa shape index (κ2) is 8.56. The van der Waals surface area contributed by atoms with Crippen LogP contribution in [0.25, 0.3) is 0 Å². The molecule has 2 amide bonds. The third-order valence-electron chi connectivity index (χ3n) is 3.97. The average molecular weight is 349 g/mol. The number of amides is 2. The van der Waals surface area contributed by atoms with Gasteiger partial charge in [-0.3, -0.25) is 9.59 Å². The van der Waals surface area contributed by atoms with Crippen molar-refractivity contribution in [2.45, 2.75) is 50.8 Å². The highest BCUT2D eigenvalue weighted by atomic mass is 32.2. The Kier molecular flexibility index (Phi) is 6.72. The van der Waals surface area contributed by atoms with Crippen molar-refractivity contribution in [1.82, 2.24) is 10.2 Å². The van der Waals surface area contributed by atoms with Gasteiger partial charge in [-0.2, -0.15) is 0 Å². The molecule has 1 saturated heterocycles. The number of hydrogen-bond donors (Lipinski definition) is 1. The van der Waals surface area contributed by atoms with E-state index >= 15 is 0 Å². The lowest BCUT2D eigenvalue weighted by Crippen LogP contribution is -2.49. The van der Waals surface area contributed by atoms with Crippen molar-refractivity contribution in [3.63, 3.8) is 0 Å². The molecule has 1 heterocycles.